The molecular formula is C32H34N2O2. The van der Waals surface area contributed by atoms with Gasteiger partial charge in [0.1, 0.15) is 0 Å². The Morgan fingerprint density at radius 2 is 1.42 bits per heavy atom. The van der Waals surface area contributed by atoms with E-state index in [2.05, 4.69) is 92.4 Å². The molecule has 2 heterocycles. The molecule has 2 atom stereocenters. The SMILES string of the molecule is C#CCOC(=O)Nc1cc2c3c(c1)C(c1ccc(C)cc1C)CCN3CCC2c1ccc(C)cc1C. The lowest BCUT2D eigenvalue weighted by Gasteiger charge is -2.43. The van der Waals surface area contributed by atoms with Crippen LogP contribution in [0.3, 0.4) is 0 Å². The largest absolute Gasteiger partial charge is 0.436 e. The van der Waals surface area contributed by atoms with Crippen molar-refractivity contribution < 1.29 is 9.53 Å². The molecule has 4 nitrogen and oxygen atoms in total. The van der Waals surface area contributed by atoms with Crippen LogP contribution >= 0.6 is 0 Å². The van der Waals surface area contributed by atoms with Gasteiger partial charge in [0.05, 0.1) is 0 Å². The Morgan fingerprint density at radius 3 is 1.89 bits per heavy atom. The van der Waals surface area contributed by atoms with Crippen LogP contribution in [0.5, 0.6) is 0 Å². The summed E-state index contributed by atoms with van der Waals surface area (Å²) >= 11 is 0. The number of hydrogen-bond donors (Lipinski definition) is 1. The Bertz CT molecular complexity index is 1280. The fourth-order valence-electron chi connectivity index (χ4n) is 6.21. The highest BCUT2D eigenvalue weighted by Crippen LogP contribution is 2.50. The average molecular weight is 479 g/mol. The number of carbonyl (C=O) groups is 1. The maximum atomic E-state index is 12.5. The summed E-state index contributed by atoms with van der Waals surface area (Å²) < 4.78 is 5.14. The van der Waals surface area contributed by atoms with Crippen LogP contribution in [0.4, 0.5) is 16.2 Å². The zero-order valence-electron chi connectivity index (χ0n) is 21.7. The molecule has 2 aliphatic heterocycles. The van der Waals surface area contributed by atoms with E-state index >= 15 is 0 Å². The second kappa shape index (κ2) is 9.74. The van der Waals surface area contributed by atoms with Crippen LogP contribution in [0.2, 0.25) is 0 Å². The van der Waals surface area contributed by atoms with Crippen LogP contribution in [0.1, 0.15) is 69.2 Å². The van der Waals surface area contributed by atoms with Gasteiger partial charge in [0.2, 0.25) is 0 Å². The van der Waals surface area contributed by atoms with Gasteiger partial charge in [-0.2, -0.15) is 0 Å². The summed E-state index contributed by atoms with van der Waals surface area (Å²) in [6.45, 7) is 10.7. The molecule has 1 amide bonds. The van der Waals surface area contributed by atoms with Crippen molar-refractivity contribution in [3.05, 3.63) is 93.0 Å². The number of aryl methyl sites for hydroxylation is 4. The highest BCUT2D eigenvalue weighted by atomic mass is 16.5. The Kier molecular flexibility index (Phi) is 6.49. The number of ether oxygens (including phenoxy) is 1. The second-order valence-electron chi connectivity index (χ2n) is 10.3. The highest BCUT2D eigenvalue weighted by Gasteiger charge is 2.36. The van der Waals surface area contributed by atoms with E-state index < -0.39 is 6.09 Å². The number of nitrogens with one attached hydrogen (secondary N) is 1. The molecule has 2 aliphatic rings. The Morgan fingerprint density at radius 1 is 0.889 bits per heavy atom. The minimum absolute atomic E-state index is 0.0478. The first-order chi connectivity index (χ1) is 17.4. The van der Waals surface area contributed by atoms with Gasteiger partial charge in [-0.25, -0.2) is 4.79 Å². The summed E-state index contributed by atoms with van der Waals surface area (Å²) in [6, 6.07) is 17.8. The first-order valence-electron chi connectivity index (χ1n) is 12.8. The molecule has 0 saturated heterocycles. The molecule has 36 heavy (non-hydrogen) atoms. The Hall–Kier alpha value is -3.71. The Labute approximate surface area is 214 Å². The maximum Gasteiger partial charge on any atom is 0.412 e. The monoisotopic (exact) mass is 478 g/mol. The molecule has 3 aromatic carbocycles. The third-order valence-corrected chi connectivity index (χ3v) is 7.75. The number of nitrogens with zero attached hydrogens (tertiary/aromatic N) is 1. The summed E-state index contributed by atoms with van der Waals surface area (Å²) in [5, 5.41) is 2.96. The van der Waals surface area contributed by atoms with Crippen LogP contribution in [0.15, 0.2) is 48.5 Å². The summed E-state index contributed by atoms with van der Waals surface area (Å²) in [4.78, 5) is 15.0. The molecule has 5 rings (SSSR count). The summed E-state index contributed by atoms with van der Waals surface area (Å²) in [7, 11) is 0. The number of amides is 1. The third-order valence-electron chi connectivity index (χ3n) is 7.75. The number of terminal acetylenes is 1. The molecule has 0 radical (unpaired) electrons. The number of benzene rings is 3. The third kappa shape index (κ3) is 4.46. The number of rotatable bonds is 4. The molecule has 4 heteroatoms. The smallest absolute Gasteiger partial charge is 0.412 e. The van der Waals surface area contributed by atoms with Crippen molar-refractivity contribution in [1.82, 2.24) is 0 Å². The average Bonchev–Trinajstić information content (AvgIpc) is 2.84. The lowest BCUT2D eigenvalue weighted by molar-refractivity contribution is 0.176. The highest BCUT2D eigenvalue weighted by molar-refractivity contribution is 5.87. The first-order valence-corrected chi connectivity index (χ1v) is 12.8. The van der Waals surface area contributed by atoms with Gasteiger partial charge in [0.15, 0.2) is 6.61 Å². The zero-order chi connectivity index (χ0) is 25.4. The summed E-state index contributed by atoms with van der Waals surface area (Å²) in [5.41, 5.74) is 12.6. The van der Waals surface area contributed by atoms with Gasteiger partial charge < -0.3 is 9.64 Å². The molecule has 0 aromatic heterocycles. The summed E-state index contributed by atoms with van der Waals surface area (Å²) in [5.74, 6) is 2.91. The van der Waals surface area contributed by atoms with Crippen molar-refractivity contribution in [1.29, 1.82) is 0 Å². The quantitative estimate of drug-likeness (QED) is 0.411. The van der Waals surface area contributed by atoms with Crippen molar-refractivity contribution in [3.63, 3.8) is 0 Å². The van der Waals surface area contributed by atoms with Crippen molar-refractivity contribution in [3.8, 4) is 12.3 Å². The van der Waals surface area contributed by atoms with E-state index in [0.29, 0.717) is 0 Å². The van der Waals surface area contributed by atoms with Crippen LogP contribution in [0, 0.1) is 40.0 Å². The van der Waals surface area contributed by atoms with Gasteiger partial charge in [0.25, 0.3) is 0 Å². The van der Waals surface area contributed by atoms with E-state index in [1.807, 2.05) is 0 Å². The fraction of sp³-hybridized carbons (Fsp3) is 0.344. The van der Waals surface area contributed by atoms with E-state index in [1.54, 1.807) is 0 Å². The molecule has 184 valence electrons. The van der Waals surface area contributed by atoms with E-state index in [-0.39, 0.29) is 18.4 Å². The van der Waals surface area contributed by atoms with Crippen LogP contribution in [-0.4, -0.2) is 25.8 Å². The van der Waals surface area contributed by atoms with Crippen LogP contribution in [-0.2, 0) is 4.74 Å². The van der Waals surface area contributed by atoms with Crippen molar-refractivity contribution in [2.24, 2.45) is 0 Å². The first kappa shape index (κ1) is 24.0. The molecule has 0 aliphatic carbocycles. The number of hydrogen-bond acceptors (Lipinski definition) is 3. The predicted octanol–water partition coefficient (Wildman–Crippen LogP) is 6.98. The Balaban J connectivity index is 1.66. The van der Waals surface area contributed by atoms with Crippen LogP contribution < -0.4 is 10.2 Å². The lowest BCUT2D eigenvalue weighted by atomic mass is 9.75. The number of carbonyl (C=O) groups excluding carboxylic acids is 1. The van der Waals surface area contributed by atoms with Gasteiger partial charge in [-0.15, -0.1) is 6.42 Å². The van der Waals surface area contributed by atoms with E-state index in [9.17, 15) is 4.79 Å². The van der Waals surface area contributed by atoms with Gasteiger partial charge in [-0.1, -0.05) is 53.4 Å². The summed E-state index contributed by atoms with van der Waals surface area (Å²) in [6.07, 6.45) is 6.87. The van der Waals surface area contributed by atoms with E-state index in [4.69, 9.17) is 11.2 Å². The van der Waals surface area contributed by atoms with Gasteiger partial charge >= 0.3 is 6.09 Å². The molecule has 2 unspecified atom stereocenters. The van der Waals surface area contributed by atoms with Gasteiger partial charge in [0, 0.05) is 36.3 Å². The van der Waals surface area contributed by atoms with Gasteiger partial charge in [-0.3, -0.25) is 5.32 Å². The van der Waals surface area contributed by atoms with Crippen molar-refractivity contribution in [2.75, 3.05) is 29.9 Å². The maximum absolute atomic E-state index is 12.5. The fourth-order valence-corrected chi connectivity index (χ4v) is 6.21. The second-order valence-corrected chi connectivity index (χ2v) is 10.3. The predicted molar refractivity (Wildman–Crippen MR) is 147 cm³/mol. The van der Waals surface area contributed by atoms with Crippen LogP contribution in [0.25, 0.3) is 0 Å². The van der Waals surface area contributed by atoms with E-state index in [0.717, 1.165) is 31.6 Å². The number of anilines is 2. The van der Waals surface area contributed by atoms with Crippen molar-refractivity contribution >= 4 is 17.5 Å². The molecule has 0 spiro atoms. The molecular weight excluding hydrogens is 444 g/mol. The molecule has 0 saturated carbocycles. The van der Waals surface area contributed by atoms with Gasteiger partial charge in [-0.05, 0) is 86.1 Å². The topological polar surface area (TPSA) is 41.6 Å². The van der Waals surface area contributed by atoms with Crippen molar-refractivity contribution in [2.45, 2.75) is 52.4 Å². The standard InChI is InChI=1S/C32H34N2O2/c1-6-15-36-32(35)33-24-18-29-27(25-9-7-20(2)16-22(25)4)11-13-34-14-12-28(30(19-24)31(29)34)26-10-8-21(3)17-23(26)5/h1,7-10,16-19,27-28H,11-15H2,2-5H3,(H,33,35). The minimum atomic E-state index is -0.519. The molecule has 3 aromatic rings. The molecule has 1 N–H and O–H groups in total. The zero-order valence-corrected chi connectivity index (χ0v) is 21.7. The normalized spacial score (nSPS) is 18.2. The minimum Gasteiger partial charge on any atom is -0.436 e. The molecule has 0 bridgehead atoms. The van der Waals surface area contributed by atoms with E-state index in [1.165, 1.54) is 50.2 Å². The lowest BCUT2D eigenvalue weighted by Crippen LogP contribution is -2.38. The molecule has 0 fully saturated rings.